The molecule has 2 aromatic heterocycles. The summed E-state index contributed by atoms with van der Waals surface area (Å²) in [6.07, 6.45) is -0.748. The minimum Gasteiger partial charge on any atom is -0.409 e. The molecule has 1 atom stereocenters. The first-order chi connectivity index (χ1) is 21.7. The second-order valence-electron chi connectivity index (χ2n) is 11.0. The van der Waals surface area contributed by atoms with E-state index in [0.29, 0.717) is 50.8 Å². The van der Waals surface area contributed by atoms with Crippen molar-refractivity contribution in [1.82, 2.24) is 15.0 Å². The van der Waals surface area contributed by atoms with Crippen LogP contribution in [0.5, 0.6) is 5.75 Å². The molecule has 1 aliphatic heterocycles. The summed E-state index contributed by atoms with van der Waals surface area (Å²) in [5.74, 6) is 4.94. The molecule has 1 aliphatic rings. The number of nitrogens with one attached hydrogen (secondary N) is 3. The molecule has 45 heavy (non-hydrogen) atoms. The van der Waals surface area contributed by atoms with Gasteiger partial charge < -0.3 is 24.9 Å². The Morgan fingerprint density at radius 3 is 2.42 bits per heavy atom. The van der Waals surface area contributed by atoms with Gasteiger partial charge in [0.05, 0.1) is 5.69 Å². The maximum atomic E-state index is 14.0. The van der Waals surface area contributed by atoms with Crippen LogP contribution in [0.4, 0.5) is 20.6 Å². The Kier molecular flexibility index (Phi) is 6.91. The molecule has 0 saturated carbocycles. The molecule has 0 fully saturated rings. The fourth-order valence-electron chi connectivity index (χ4n) is 5.88. The van der Waals surface area contributed by atoms with Crippen LogP contribution in [-0.2, 0) is 0 Å². The number of hydrogen-bond acceptors (Lipinski definition) is 5. The fourth-order valence-corrected chi connectivity index (χ4v) is 6.13. The largest absolute Gasteiger partial charge is 0.429 e. The van der Waals surface area contributed by atoms with Gasteiger partial charge in [-0.3, -0.25) is 9.59 Å². The first-order valence-corrected chi connectivity index (χ1v) is 14.6. The van der Waals surface area contributed by atoms with Gasteiger partial charge in [0.2, 0.25) is 0 Å². The number of H-pyrrole nitrogens is 2. The van der Waals surface area contributed by atoms with Gasteiger partial charge in [-0.15, -0.1) is 11.6 Å². The number of nitrogens with zero attached hydrogens (tertiary/aromatic N) is 2. The molecule has 7 rings (SSSR count). The van der Waals surface area contributed by atoms with Crippen LogP contribution in [0.1, 0.15) is 32.5 Å². The Labute approximate surface area is 260 Å². The summed E-state index contributed by atoms with van der Waals surface area (Å²) in [6, 6.07) is 22.0. The van der Waals surface area contributed by atoms with Crippen LogP contribution in [0, 0.1) is 5.82 Å². The molecule has 12 heteroatoms. The first-order valence-electron chi connectivity index (χ1n) is 14.1. The van der Waals surface area contributed by atoms with Gasteiger partial charge in [0, 0.05) is 64.3 Å². The topological polar surface area (TPSA) is 137 Å². The Balaban J connectivity index is 1.19. The smallest absolute Gasteiger partial charge is 0.409 e. The van der Waals surface area contributed by atoms with Crippen molar-refractivity contribution in [2.45, 2.75) is 5.92 Å². The molecule has 226 valence electrons. The fraction of sp³-hybridized carbons (Fsp3) is 0.121. The zero-order valence-electron chi connectivity index (χ0n) is 23.9. The summed E-state index contributed by atoms with van der Waals surface area (Å²) in [6.45, 7) is 0.334. The number of amides is 3. The molecule has 10 nitrogen and oxygen atoms in total. The molecular formula is C33H26ClFN6O4. The number of carbonyl (C=O) groups excluding carboxylic acids is 3. The van der Waals surface area contributed by atoms with Gasteiger partial charge in [-0.05, 0) is 59.5 Å². The average molecular weight is 625 g/mol. The monoisotopic (exact) mass is 624 g/mol. The molecule has 3 heterocycles. The highest BCUT2D eigenvalue weighted by Gasteiger charge is 2.36. The number of nitrogens with two attached hydrogens (primary N) is 1. The lowest BCUT2D eigenvalue weighted by Gasteiger charge is -2.19. The van der Waals surface area contributed by atoms with Crippen molar-refractivity contribution in [2.75, 3.05) is 29.7 Å². The summed E-state index contributed by atoms with van der Waals surface area (Å²) in [4.78, 5) is 47.1. The summed E-state index contributed by atoms with van der Waals surface area (Å²) in [5.41, 5.74) is 3.98. The van der Waals surface area contributed by atoms with E-state index in [2.05, 4.69) is 15.3 Å². The summed E-state index contributed by atoms with van der Waals surface area (Å²) >= 11 is 6.41. The van der Waals surface area contributed by atoms with Crippen LogP contribution in [0.15, 0.2) is 78.9 Å². The van der Waals surface area contributed by atoms with E-state index in [9.17, 15) is 18.8 Å². The van der Waals surface area contributed by atoms with E-state index >= 15 is 0 Å². The lowest BCUT2D eigenvalue weighted by molar-refractivity contribution is 0.0982. The highest BCUT2D eigenvalue weighted by atomic mass is 35.5. The molecule has 1 unspecified atom stereocenters. The van der Waals surface area contributed by atoms with Gasteiger partial charge in [0.1, 0.15) is 23.0 Å². The number of hydrogen-bond donors (Lipinski definition) is 4. The number of ether oxygens (including phenoxy) is 1. The molecule has 0 bridgehead atoms. The standard InChI is InChI=1S/C33H26ClFN6O4/c1-40(36)33(44)45-29-14-28-30(23-5-3-2-4-22(23)29)19(15-34)16-41(28)32(43)27-13-18-11-21(7-9-25(18)39-27)37-31(42)26-12-17-10-20(35)6-8-24(17)38-26/h2-14,19,38-39H,15-16,36H2,1H3,(H,37,42). The summed E-state index contributed by atoms with van der Waals surface area (Å²) < 4.78 is 19.2. The van der Waals surface area contributed by atoms with Crippen molar-refractivity contribution in [2.24, 2.45) is 5.84 Å². The van der Waals surface area contributed by atoms with E-state index in [1.165, 1.54) is 19.2 Å². The van der Waals surface area contributed by atoms with Gasteiger partial charge in [-0.2, -0.15) is 0 Å². The molecule has 0 spiro atoms. The molecule has 0 radical (unpaired) electrons. The normalized spacial score (nSPS) is 14.2. The number of anilines is 2. The third-order valence-electron chi connectivity index (χ3n) is 7.98. The van der Waals surface area contributed by atoms with E-state index < -0.39 is 6.09 Å². The zero-order chi connectivity index (χ0) is 31.4. The second-order valence-corrected chi connectivity index (χ2v) is 11.3. The maximum Gasteiger partial charge on any atom is 0.429 e. The third-order valence-corrected chi connectivity index (χ3v) is 8.35. The lowest BCUT2D eigenvalue weighted by atomic mass is 9.95. The Morgan fingerprint density at radius 1 is 0.978 bits per heavy atom. The molecule has 0 saturated heterocycles. The molecule has 5 N–H and O–H groups in total. The molecule has 3 amide bonds. The SMILES string of the molecule is CN(N)C(=O)Oc1cc2c(c3ccccc13)C(CCl)CN2C(=O)c1cc2cc(NC(=O)c3cc4cc(F)ccc4[nH]3)ccc2[nH]1. The number of benzene rings is 4. The van der Waals surface area contributed by atoms with Crippen LogP contribution in [-0.4, -0.2) is 52.4 Å². The van der Waals surface area contributed by atoms with Gasteiger partial charge in [-0.1, -0.05) is 24.3 Å². The first kappa shape index (κ1) is 28.4. The van der Waals surface area contributed by atoms with Crippen molar-refractivity contribution < 1.29 is 23.5 Å². The Hall–Kier alpha value is -5.39. The predicted octanol–water partition coefficient (Wildman–Crippen LogP) is 6.48. The average Bonchev–Trinajstić information content (AvgIpc) is 3.75. The van der Waals surface area contributed by atoms with E-state index in [1.807, 2.05) is 24.3 Å². The van der Waals surface area contributed by atoms with E-state index in [1.54, 1.807) is 47.4 Å². The Bertz CT molecular complexity index is 2170. The van der Waals surface area contributed by atoms with E-state index in [-0.39, 0.29) is 40.9 Å². The number of rotatable bonds is 5. The highest BCUT2D eigenvalue weighted by molar-refractivity contribution is 6.19. The number of aromatic amines is 2. The minimum atomic E-state index is -0.748. The highest BCUT2D eigenvalue weighted by Crippen LogP contribution is 2.46. The second kappa shape index (κ2) is 11.0. The molecule has 0 aliphatic carbocycles. The number of carbonyl (C=O) groups is 3. The van der Waals surface area contributed by atoms with Gasteiger partial charge in [-0.25, -0.2) is 20.0 Å². The predicted molar refractivity (Wildman–Crippen MR) is 172 cm³/mol. The molecular weight excluding hydrogens is 599 g/mol. The number of aromatic nitrogens is 2. The van der Waals surface area contributed by atoms with Crippen LogP contribution in [0.3, 0.4) is 0 Å². The van der Waals surface area contributed by atoms with Gasteiger partial charge in [0.25, 0.3) is 11.8 Å². The maximum absolute atomic E-state index is 14.0. The number of hydrazine groups is 1. The minimum absolute atomic E-state index is 0.148. The van der Waals surface area contributed by atoms with Crippen LogP contribution < -0.4 is 20.8 Å². The quantitative estimate of drug-likeness (QED) is 0.0753. The summed E-state index contributed by atoms with van der Waals surface area (Å²) in [5, 5.41) is 6.53. The Morgan fingerprint density at radius 2 is 1.67 bits per heavy atom. The lowest BCUT2D eigenvalue weighted by Crippen LogP contribution is -2.35. The van der Waals surface area contributed by atoms with E-state index in [0.717, 1.165) is 16.0 Å². The number of fused-ring (bicyclic) bond motifs is 5. The zero-order valence-corrected chi connectivity index (χ0v) is 24.6. The van der Waals surface area contributed by atoms with Crippen molar-refractivity contribution in [1.29, 1.82) is 0 Å². The van der Waals surface area contributed by atoms with E-state index in [4.69, 9.17) is 22.2 Å². The van der Waals surface area contributed by atoms with Gasteiger partial charge >= 0.3 is 6.09 Å². The number of halogens is 2. The summed E-state index contributed by atoms with van der Waals surface area (Å²) in [7, 11) is 1.38. The van der Waals surface area contributed by atoms with Crippen LogP contribution >= 0.6 is 11.6 Å². The van der Waals surface area contributed by atoms with Crippen LogP contribution in [0.25, 0.3) is 32.6 Å². The molecule has 4 aromatic carbocycles. The number of alkyl halides is 1. The van der Waals surface area contributed by atoms with Crippen molar-refractivity contribution in [3.63, 3.8) is 0 Å². The third kappa shape index (κ3) is 5.01. The van der Waals surface area contributed by atoms with Crippen molar-refractivity contribution >= 4 is 73.5 Å². The van der Waals surface area contributed by atoms with Crippen molar-refractivity contribution in [3.8, 4) is 5.75 Å². The molecule has 6 aromatic rings. The van der Waals surface area contributed by atoms with Crippen molar-refractivity contribution in [3.05, 3.63) is 102 Å². The van der Waals surface area contributed by atoms with Crippen LogP contribution in [0.2, 0.25) is 0 Å². The van der Waals surface area contributed by atoms with Gasteiger partial charge in [0.15, 0.2) is 0 Å².